The number of rotatable bonds is 5. The second-order valence-electron chi connectivity index (χ2n) is 5.72. The first-order valence-corrected chi connectivity index (χ1v) is 9.05. The number of carbonyl (C=O) groups excluding carboxylic acids is 2. The van der Waals surface area contributed by atoms with E-state index in [0.29, 0.717) is 28.6 Å². The summed E-state index contributed by atoms with van der Waals surface area (Å²) in [5.41, 5.74) is 1.68. The van der Waals surface area contributed by atoms with Gasteiger partial charge in [-0.2, -0.15) is 5.26 Å². The van der Waals surface area contributed by atoms with E-state index in [1.165, 1.54) is 16.7 Å². The molecule has 1 aliphatic rings. The van der Waals surface area contributed by atoms with E-state index in [-0.39, 0.29) is 18.2 Å². The molecule has 26 heavy (non-hydrogen) atoms. The molecule has 6 nitrogen and oxygen atoms in total. The van der Waals surface area contributed by atoms with Crippen LogP contribution >= 0.6 is 11.8 Å². The molecule has 0 aliphatic carbocycles. The van der Waals surface area contributed by atoms with E-state index in [9.17, 15) is 14.9 Å². The monoisotopic (exact) mass is 367 g/mol. The second kappa shape index (κ2) is 7.58. The molecule has 7 heteroatoms. The molecular formula is C19H17N3O3S. The first-order chi connectivity index (χ1) is 12.5. The average Bonchev–Trinajstić information content (AvgIpc) is 2.90. The van der Waals surface area contributed by atoms with Crippen LogP contribution in [-0.4, -0.2) is 28.7 Å². The van der Waals surface area contributed by atoms with Crippen LogP contribution in [0.2, 0.25) is 0 Å². The predicted molar refractivity (Wildman–Crippen MR) is 98.1 cm³/mol. The van der Waals surface area contributed by atoms with Gasteiger partial charge in [0.2, 0.25) is 11.8 Å². The maximum Gasteiger partial charge on any atom is 0.247 e. The number of aryl methyl sites for hydroxylation is 1. The number of anilines is 1. The Kier molecular flexibility index (Phi) is 5.24. The number of nitriles is 1. The molecule has 1 aromatic heterocycles. The number of pyridine rings is 1. The molecule has 1 fully saturated rings. The average molecular weight is 367 g/mol. The van der Waals surface area contributed by atoms with Gasteiger partial charge in [0.05, 0.1) is 23.1 Å². The lowest BCUT2D eigenvalue weighted by Crippen LogP contribution is -2.31. The third-order valence-corrected chi connectivity index (χ3v) is 5.07. The van der Waals surface area contributed by atoms with E-state index in [1.807, 2.05) is 13.8 Å². The van der Waals surface area contributed by atoms with Crippen molar-refractivity contribution in [2.24, 2.45) is 0 Å². The third-order valence-electron chi connectivity index (χ3n) is 3.89. The fourth-order valence-corrected chi connectivity index (χ4v) is 3.81. The van der Waals surface area contributed by atoms with Crippen molar-refractivity contribution >= 4 is 29.3 Å². The highest BCUT2D eigenvalue weighted by Crippen LogP contribution is 2.35. The lowest BCUT2D eigenvalue weighted by atomic mass is 10.3. The zero-order chi connectivity index (χ0) is 18.7. The van der Waals surface area contributed by atoms with Gasteiger partial charge < -0.3 is 4.74 Å². The minimum absolute atomic E-state index is 0.0806. The molecule has 1 aliphatic heterocycles. The van der Waals surface area contributed by atoms with Gasteiger partial charge >= 0.3 is 0 Å². The smallest absolute Gasteiger partial charge is 0.247 e. The summed E-state index contributed by atoms with van der Waals surface area (Å²) in [5.74, 6) is 0.128. The van der Waals surface area contributed by atoms with Crippen molar-refractivity contribution in [1.82, 2.24) is 4.98 Å². The van der Waals surface area contributed by atoms with E-state index in [1.54, 1.807) is 36.4 Å². The number of nitrogens with zero attached hydrogens (tertiary/aromatic N) is 3. The van der Waals surface area contributed by atoms with Crippen LogP contribution in [0.5, 0.6) is 5.75 Å². The van der Waals surface area contributed by atoms with Crippen molar-refractivity contribution in [3.05, 3.63) is 47.7 Å². The first-order valence-electron chi connectivity index (χ1n) is 8.17. The highest BCUT2D eigenvalue weighted by Gasteiger charge is 2.40. The number of imide groups is 1. The Labute approximate surface area is 155 Å². The number of thioether (sulfide) groups is 1. The van der Waals surface area contributed by atoms with Crippen molar-refractivity contribution in [2.45, 2.75) is 30.5 Å². The Hall–Kier alpha value is -2.85. The minimum atomic E-state index is -0.588. The van der Waals surface area contributed by atoms with Crippen molar-refractivity contribution in [1.29, 1.82) is 5.26 Å². The van der Waals surface area contributed by atoms with E-state index >= 15 is 0 Å². The largest absolute Gasteiger partial charge is 0.494 e. The molecule has 0 saturated carbocycles. The zero-order valence-corrected chi connectivity index (χ0v) is 15.2. The summed E-state index contributed by atoms with van der Waals surface area (Å²) in [7, 11) is 0. The number of amides is 2. The summed E-state index contributed by atoms with van der Waals surface area (Å²) in [6, 6.07) is 12.4. The molecule has 2 heterocycles. The highest BCUT2D eigenvalue weighted by molar-refractivity contribution is 8.00. The topological polar surface area (TPSA) is 83.3 Å². The Morgan fingerprint density at radius 2 is 2.00 bits per heavy atom. The van der Waals surface area contributed by atoms with Gasteiger partial charge in [0.25, 0.3) is 0 Å². The molecule has 132 valence electrons. The highest BCUT2D eigenvalue weighted by atomic mass is 32.2. The lowest BCUT2D eigenvalue weighted by molar-refractivity contribution is -0.121. The molecule has 2 aromatic rings. The Morgan fingerprint density at radius 1 is 1.27 bits per heavy atom. The summed E-state index contributed by atoms with van der Waals surface area (Å²) in [6.07, 6.45) is 0.0806. The number of carbonyl (C=O) groups is 2. The van der Waals surface area contributed by atoms with Crippen LogP contribution in [0.3, 0.4) is 0 Å². The lowest BCUT2D eigenvalue weighted by Gasteiger charge is -2.15. The van der Waals surface area contributed by atoms with Crippen LogP contribution in [0.1, 0.15) is 24.6 Å². The number of benzene rings is 1. The van der Waals surface area contributed by atoms with E-state index in [2.05, 4.69) is 11.1 Å². The van der Waals surface area contributed by atoms with Gasteiger partial charge in [0, 0.05) is 12.1 Å². The Morgan fingerprint density at radius 3 is 2.65 bits per heavy atom. The van der Waals surface area contributed by atoms with E-state index < -0.39 is 5.25 Å². The quantitative estimate of drug-likeness (QED) is 0.755. The van der Waals surface area contributed by atoms with Crippen LogP contribution in [0.4, 0.5) is 5.69 Å². The predicted octanol–water partition coefficient (Wildman–Crippen LogP) is 3.08. The zero-order valence-electron chi connectivity index (χ0n) is 14.4. The van der Waals surface area contributed by atoms with Gasteiger partial charge in [-0.1, -0.05) is 11.8 Å². The Balaban J connectivity index is 1.81. The molecule has 0 spiro atoms. The Bertz CT molecular complexity index is 890. The minimum Gasteiger partial charge on any atom is -0.494 e. The normalized spacial score (nSPS) is 16.7. The molecular weight excluding hydrogens is 350 g/mol. The SMILES string of the molecule is CCOc1ccc(N2C(=O)C[C@@H](Sc3nc(C)ccc3C#N)C2=O)cc1. The standard InChI is InChI=1S/C19H17N3O3S/c1-3-25-15-8-6-14(7-9-15)22-17(23)10-16(19(22)24)26-18-13(11-20)5-4-12(2)21-18/h4-9,16H,3,10H2,1-2H3/t16-/m1/s1. The van der Waals surface area contributed by atoms with Crippen LogP contribution in [-0.2, 0) is 9.59 Å². The van der Waals surface area contributed by atoms with Crippen molar-refractivity contribution < 1.29 is 14.3 Å². The van der Waals surface area contributed by atoms with E-state index in [4.69, 9.17) is 4.74 Å². The number of aromatic nitrogens is 1. The van der Waals surface area contributed by atoms with Crippen LogP contribution < -0.4 is 9.64 Å². The van der Waals surface area contributed by atoms with Crippen LogP contribution in [0.25, 0.3) is 0 Å². The molecule has 0 unspecified atom stereocenters. The molecule has 0 radical (unpaired) electrons. The molecule has 2 amide bonds. The van der Waals surface area contributed by atoms with Crippen LogP contribution in [0, 0.1) is 18.3 Å². The fourth-order valence-electron chi connectivity index (χ4n) is 2.67. The molecule has 1 aromatic carbocycles. The van der Waals surface area contributed by atoms with Gasteiger partial charge in [0.15, 0.2) is 0 Å². The van der Waals surface area contributed by atoms with E-state index in [0.717, 1.165) is 5.69 Å². The first kappa shape index (κ1) is 18.0. The summed E-state index contributed by atoms with van der Waals surface area (Å²) in [6.45, 7) is 4.25. The van der Waals surface area contributed by atoms with Crippen molar-refractivity contribution in [2.75, 3.05) is 11.5 Å². The maximum absolute atomic E-state index is 12.8. The van der Waals surface area contributed by atoms with Gasteiger partial charge in [-0.3, -0.25) is 9.59 Å². The summed E-state index contributed by atoms with van der Waals surface area (Å²) >= 11 is 1.17. The van der Waals surface area contributed by atoms with Gasteiger partial charge in [0.1, 0.15) is 16.8 Å². The second-order valence-corrected chi connectivity index (χ2v) is 6.91. The van der Waals surface area contributed by atoms with Gasteiger partial charge in [-0.05, 0) is 50.2 Å². The van der Waals surface area contributed by atoms with Gasteiger partial charge in [-0.15, -0.1) is 0 Å². The molecule has 0 N–H and O–H groups in total. The summed E-state index contributed by atoms with van der Waals surface area (Å²) in [4.78, 5) is 30.7. The molecule has 1 saturated heterocycles. The number of ether oxygens (including phenoxy) is 1. The third kappa shape index (κ3) is 3.55. The molecule has 0 bridgehead atoms. The van der Waals surface area contributed by atoms with Crippen molar-refractivity contribution in [3.8, 4) is 11.8 Å². The molecule has 1 atom stereocenters. The number of hydrogen-bond acceptors (Lipinski definition) is 6. The summed E-state index contributed by atoms with van der Waals surface area (Å²) in [5, 5.41) is 9.11. The maximum atomic E-state index is 12.8. The summed E-state index contributed by atoms with van der Waals surface area (Å²) < 4.78 is 5.38. The van der Waals surface area contributed by atoms with Crippen LogP contribution in [0.15, 0.2) is 41.4 Å². The fraction of sp³-hybridized carbons (Fsp3) is 0.263. The van der Waals surface area contributed by atoms with Gasteiger partial charge in [-0.25, -0.2) is 9.88 Å². The number of hydrogen-bond donors (Lipinski definition) is 0. The van der Waals surface area contributed by atoms with Crippen molar-refractivity contribution in [3.63, 3.8) is 0 Å². The molecule has 3 rings (SSSR count).